The van der Waals surface area contributed by atoms with Crippen molar-refractivity contribution < 1.29 is 9.84 Å². The highest BCUT2D eigenvalue weighted by Gasteiger charge is 2.02. The summed E-state index contributed by atoms with van der Waals surface area (Å²) in [5.41, 5.74) is 0.944. The zero-order valence-electron chi connectivity index (χ0n) is 13.3. The number of phenolic OH excluding ortho intramolecular Hbond substituents is 1. The number of methoxy groups -OCH3 is 1. The van der Waals surface area contributed by atoms with Gasteiger partial charge in [0.25, 0.3) is 0 Å². The Kier molecular flexibility index (Phi) is 8.09. The summed E-state index contributed by atoms with van der Waals surface area (Å²) in [6.45, 7) is 6.50. The van der Waals surface area contributed by atoms with Crippen LogP contribution in [0.3, 0.4) is 0 Å². The van der Waals surface area contributed by atoms with Gasteiger partial charge in [0, 0.05) is 13.1 Å². The molecule has 0 heterocycles. The zero-order chi connectivity index (χ0) is 15.5. The van der Waals surface area contributed by atoms with Crippen LogP contribution in [-0.2, 0) is 6.54 Å². The van der Waals surface area contributed by atoms with Gasteiger partial charge in [-0.1, -0.05) is 25.8 Å². The van der Waals surface area contributed by atoms with Crippen molar-refractivity contribution in [3.63, 3.8) is 0 Å². The summed E-state index contributed by atoms with van der Waals surface area (Å²) < 4.78 is 5.03. The third-order valence-electron chi connectivity index (χ3n) is 3.08. The lowest BCUT2D eigenvalue weighted by atomic mass is 10.2. The number of phenols is 1. The summed E-state index contributed by atoms with van der Waals surface area (Å²) in [6, 6.07) is 5.34. The standard InChI is InChI=1S/C16H27N3O2/c1-4-6-7-10-18-16(17-5-2)19-12-13-8-9-15(21-3)14(20)11-13/h8-9,11,20H,4-7,10,12H2,1-3H3,(H2,17,18,19). The Balaban J connectivity index is 2.58. The van der Waals surface area contributed by atoms with E-state index >= 15 is 0 Å². The average Bonchev–Trinajstić information content (AvgIpc) is 2.49. The number of hydrogen-bond donors (Lipinski definition) is 3. The van der Waals surface area contributed by atoms with E-state index in [9.17, 15) is 5.11 Å². The fraction of sp³-hybridized carbons (Fsp3) is 0.562. The Labute approximate surface area is 127 Å². The van der Waals surface area contributed by atoms with E-state index in [0.29, 0.717) is 12.3 Å². The van der Waals surface area contributed by atoms with Crippen molar-refractivity contribution in [3.8, 4) is 11.5 Å². The number of nitrogens with one attached hydrogen (secondary N) is 2. The Hall–Kier alpha value is -1.91. The van der Waals surface area contributed by atoms with E-state index in [2.05, 4.69) is 22.5 Å². The SMILES string of the molecule is CCCCCNC(=NCc1ccc(OC)c(O)c1)NCC. The molecule has 3 N–H and O–H groups in total. The van der Waals surface area contributed by atoms with Crippen LogP contribution in [0.1, 0.15) is 38.7 Å². The van der Waals surface area contributed by atoms with E-state index in [4.69, 9.17) is 4.74 Å². The van der Waals surface area contributed by atoms with E-state index < -0.39 is 0 Å². The van der Waals surface area contributed by atoms with Crippen LogP contribution in [0.15, 0.2) is 23.2 Å². The molecule has 0 amide bonds. The van der Waals surface area contributed by atoms with Crippen molar-refractivity contribution in [1.29, 1.82) is 0 Å². The molecule has 1 aromatic carbocycles. The van der Waals surface area contributed by atoms with Crippen LogP contribution in [0.2, 0.25) is 0 Å². The van der Waals surface area contributed by atoms with E-state index in [1.165, 1.54) is 20.0 Å². The number of aliphatic imine (C=N–C) groups is 1. The van der Waals surface area contributed by atoms with E-state index in [1.807, 2.05) is 13.0 Å². The van der Waals surface area contributed by atoms with Crippen LogP contribution in [0.5, 0.6) is 11.5 Å². The predicted octanol–water partition coefficient (Wildman–Crippen LogP) is 2.65. The molecule has 0 fully saturated rings. The normalized spacial score (nSPS) is 11.3. The van der Waals surface area contributed by atoms with Crippen LogP contribution in [0.25, 0.3) is 0 Å². The van der Waals surface area contributed by atoms with E-state index in [1.54, 1.807) is 12.1 Å². The summed E-state index contributed by atoms with van der Waals surface area (Å²) in [4.78, 5) is 4.52. The maximum atomic E-state index is 9.76. The molecule has 0 bridgehead atoms. The zero-order valence-corrected chi connectivity index (χ0v) is 13.3. The Morgan fingerprint density at radius 1 is 1.24 bits per heavy atom. The largest absolute Gasteiger partial charge is 0.504 e. The van der Waals surface area contributed by atoms with Crippen molar-refractivity contribution in [1.82, 2.24) is 10.6 Å². The highest BCUT2D eigenvalue weighted by atomic mass is 16.5. The molecule has 0 aromatic heterocycles. The van der Waals surface area contributed by atoms with Crippen LogP contribution >= 0.6 is 0 Å². The molecule has 0 saturated heterocycles. The summed E-state index contributed by atoms with van der Waals surface area (Å²) in [5.74, 6) is 1.43. The predicted molar refractivity (Wildman–Crippen MR) is 87.0 cm³/mol. The van der Waals surface area contributed by atoms with Gasteiger partial charge in [-0.2, -0.15) is 0 Å². The first kappa shape index (κ1) is 17.1. The Morgan fingerprint density at radius 3 is 2.67 bits per heavy atom. The molecule has 1 rings (SSSR count). The minimum Gasteiger partial charge on any atom is -0.504 e. The van der Waals surface area contributed by atoms with Gasteiger partial charge in [0.1, 0.15) is 0 Å². The van der Waals surface area contributed by atoms with Crippen molar-refractivity contribution >= 4 is 5.96 Å². The molecule has 0 spiro atoms. The summed E-state index contributed by atoms with van der Waals surface area (Å²) in [7, 11) is 1.54. The highest BCUT2D eigenvalue weighted by molar-refractivity contribution is 5.79. The van der Waals surface area contributed by atoms with E-state index in [-0.39, 0.29) is 5.75 Å². The number of ether oxygens (including phenoxy) is 1. The number of rotatable bonds is 8. The Bertz CT molecular complexity index is 447. The quantitative estimate of drug-likeness (QED) is 0.392. The molecule has 118 valence electrons. The molecule has 21 heavy (non-hydrogen) atoms. The Morgan fingerprint density at radius 2 is 2.05 bits per heavy atom. The van der Waals surface area contributed by atoms with Gasteiger partial charge in [-0.05, 0) is 31.0 Å². The first-order valence-corrected chi connectivity index (χ1v) is 7.59. The maximum Gasteiger partial charge on any atom is 0.191 e. The topological polar surface area (TPSA) is 65.9 Å². The number of unbranched alkanes of at least 4 members (excludes halogenated alkanes) is 2. The monoisotopic (exact) mass is 293 g/mol. The molecule has 0 atom stereocenters. The van der Waals surface area contributed by atoms with Gasteiger partial charge in [-0.3, -0.25) is 0 Å². The first-order valence-electron chi connectivity index (χ1n) is 7.59. The van der Waals surface area contributed by atoms with Gasteiger partial charge in [-0.25, -0.2) is 4.99 Å². The molecule has 0 saturated carbocycles. The van der Waals surface area contributed by atoms with Gasteiger partial charge in [0.2, 0.25) is 0 Å². The molecule has 0 aliphatic carbocycles. The minimum atomic E-state index is 0.145. The average molecular weight is 293 g/mol. The molecular formula is C16H27N3O2. The van der Waals surface area contributed by atoms with Crippen LogP contribution in [0.4, 0.5) is 0 Å². The molecule has 5 heteroatoms. The number of guanidine groups is 1. The molecule has 0 radical (unpaired) electrons. The van der Waals surface area contributed by atoms with Crippen molar-refractivity contribution in [2.24, 2.45) is 4.99 Å². The van der Waals surface area contributed by atoms with Gasteiger partial charge in [0.05, 0.1) is 13.7 Å². The molecule has 1 aromatic rings. The van der Waals surface area contributed by atoms with Gasteiger partial charge >= 0.3 is 0 Å². The highest BCUT2D eigenvalue weighted by Crippen LogP contribution is 2.26. The molecular weight excluding hydrogens is 266 g/mol. The van der Waals surface area contributed by atoms with Crippen LogP contribution in [-0.4, -0.2) is 31.3 Å². The molecule has 5 nitrogen and oxygen atoms in total. The second-order valence-electron chi connectivity index (χ2n) is 4.84. The molecule has 0 aliphatic heterocycles. The second-order valence-corrected chi connectivity index (χ2v) is 4.84. The second kappa shape index (κ2) is 9.91. The summed E-state index contributed by atoms with van der Waals surface area (Å²) in [6.07, 6.45) is 3.57. The first-order chi connectivity index (χ1) is 10.2. The maximum absolute atomic E-state index is 9.76. The lowest BCUT2D eigenvalue weighted by Gasteiger charge is -2.11. The number of benzene rings is 1. The van der Waals surface area contributed by atoms with Crippen molar-refractivity contribution in [3.05, 3.63) is 23.8 Å². The minimum absolute atomic E-state index is 0.145. The lowest BCUT2D eigenvalue weighted by Crippen LogP contribution is -2.37. The van der Waals surface area contributed by atoms with Crippen LogP contribution in [0, 0.1) is 0 Å². The van der Waals surface area contributed by atoms with Gasteiger partial charge in [0.15, 0.2) is 17.5 Å². The van der Waals surface area contributed by atoms with Gasteiger partial charge < -0.3 is 20.5 Å². The van der Waals surface area contributed by atoms with Crippen LogP contribution < -0.4 is 15.4 Å². The van der Waals surface area contributed by atoms with Crippen molar-refractivity contribution in [2.45, 2.75) is 39.7 Å². The van der Waals surface area contributed by atoms with Gasteiger partial charge in [-0.15, -0.1) is 0 Å². The summed E-state index contributed by atoms with van der Waals surface area (Å²) >= 11 is 0. The third kappa shape index (κ3) is 6.38. The van der Waals surface area contributed by atoms with Crippen molar-refractivity contribution in [2.75, 3.05) is 20.2 Å². The molecule has 0 aliphatic rings. The fourth-order valence-corrected chi connectivity index (χ4v) is 1.93. The van der Waals surface area contributed by atoms with E-state index in [0.717, 1.165) is 31.0 Å². The number of hydrogen-bond acceptors (Lipinski definition) is 3. The summed E-state index contributed by atoms with van der Waals surface area (Å²) in [5, 5.41) is 16.3. The fourth-order valence-electron chi connectivity index (χ4n) is 1.93. The third-order valence-corrected chi connectivity index (χ3v) is 3.08. The lowest BCUT2D eigenvalue weighted by molar-refractivity contribution is 0.373. The smallest absolute Gasteiger partial charge is 0.191 e. The number of nitrogens with zero attached hydrogens (tertiary/aromatic N) is 1. The molecule has 0 unspecified atom stereocenters. The number of aromatic hydroxyl groups is 1.